The average Bonchev–Trinajstić information content (AvgIpc) is 3.10. The Morgan fingerprint density at radius 2 is 1.76 bits per heavy atom. The van der Waals surface area contributed by atoms with Gasteiger partial charge in [-0.25, -0.2) is 0 Å². The highest BCUT2D eigenvalue weighted by Gasteiger charge is 2.33. The summed E-state index contributed by atoms with van der Waals surface area (Å²) in [6.45, 7) is 1.47. The third-order valence-electron chi connectivity index (χ3n) is 5.01. The molecule has 2 bridgehead atoms. The van der Waals surface area contributed by atoms with Gasteiger partial charge in [0.05, 0.1) is 0 Å². The lowest BCUT2D eigenvalue weighted by molar-refractivity contribution is 0.174. The number of benzene rings is 2. The zero-order valence-corrected chi connectivity index (χ0v) is 11.8. The van der Waals surface area contributed by atoms with E-state index in [1.165, 1.54) is 29.5 Å². The molecule has 21 heavy (non-hydrogen) atoms. The van der Waals surface area contributed by atoms with Crippen LogP contribution in [-0.2, 0) is 0 Å². The van der Waals surface area contributed by atoms with Crippen LogP contribution in [0.4, 0.5) is 0 Å². The molecule has 0 amide bonds. The third-order valence-corrected chi connectivity index (χ3v) is 5.01. The maximum absolute atomic E-state index is 5.49. The highest BCUT2D eigenvalue weighted by Crippen LogP contribution is 2.46. The lowest BCUT2D eigenvalue weighted by atomic mass is 9.95. The molecule has 1 N–H and O–H groups in total. The summed E-state index contributed by atoms with van der Waals surface area (Å²) < 4.78 is 10.9. The summed E-state index contributed by atoms with van der Waals surface area (Å²) in [7, 11) is 0. The Kier molecular flexibility index (Phi) is 2.35. The standard InChI is InChI=1S/C18H17NO2/c1-3-14-13-5-6-19-16(8-13)15(14)7-11(1)12-2-4-17-18(9-12)21-10-20-17/h1-4,7,9,13,16,19H,5-6,8,10H2/t13-,16+/m1/s1. The molecule has 2 atom stereocenters. The number of ether oxygens (including phenoxy) is 2. The van der Waals surface area contributed by atoms with Gasteiger partial charge in [0.25, 0.3) is 0 Å². The summed E-state index contributed by atoms with van der Waals surface area (Å²) >= 11 is 0. The number of rotatable bonds is 1. The molecular weight excluding hydrogens is 262 g/mol. The molecule has 0 radical (unpaired) electrons. The molecule has 3 heteroatoms. The van der Waals surface area contributed by atoms with E-state index in [0.717, 1.165) is 24.0 Å². The van der Waals surface area contributed by atoms with E-state index in [2.05, 4.69) is 35.6 Å². The summed E-state index contributed by atoms with van der Waals surface area (Å²) in [6, 6.07) is 13.7. The molecule has 2 aromatic rings. The highest BCUT2D eigenvalue weighted by molar-refractivity contribution is 5.69. The SMILES string of the molecule is c1cc2c(cc1-c1ccc3c(c1)[C@@H]1C[C@H]3CCN1)OCO2. The van der Waals surface area contributed by atoms with Gasteiger partial charge in [0.15, 0.2) is 11.5 Å². The van der Waals surface area contributed by atoms with E-state index in [1.807, 2.05) is 6.07 Å². The Labute approximate surface area is 123 Å². The number of hydrogen-bond donors (Lipinski definition) is 1. The molecule has 0 spiro atoms. The molecule has 106 valence electrons. The maximum atomic E-state index is 5.49. The van der Waals surface area contributed by atoms with Crippen LogP contribution in [0.2, 0.25) is 0 Å². The van der Waals surface area contributed by atoms with E-state index >= 15 is 0 Å². The Balaban J connectivity index is 1.59. The van der Waals surface area contributed by atoms with E-state index in [0.29, 0.717) is 12.8 Å². The zero-order valence-electron chi connectivity index (χ0n) is 11.8. The first-order valence-electron chi connectivity index (χ1n) is 7.66. The fourth-order valence-electron chi connectivity index (χ4n) is 3.94. The summed E-state index contributed by atoms with van der Waals surface area (Å²) in [5.41, 5.74) is 5.51. The van der Waals surface area contributed by atoms with Gasteiger partial charge in [-0.1, -0.05) is 18.2 Å². The summed E-state index contributed by atoms with van der Waals surface area (Å²) in [5, 5.41) is 3.64. The first-order chi connectivity index (χ1) is 10.4. The fourth-order valence-corrected chi connectivity index (χ4v) is 3.94. The normalized spacial score (nSPS) is 25.0. The molecule has 1 aliphatic carbocycles. The molecule has 2 aromatic carbocycles. The van der Waals surface area contributed by atoms with Crippen molar-refractivity contribution in [1.29, 1.82) is 0 Å². The van der Waals surface area contributed by atoms with Crippen LogP contribution in [0.5, 0.6) is 11.5 Å². The highest BCUT2D eigenvalue weighted by atomic mass is 16.7. The second-order valence-corrected chi connectivity index (χ2v) is 6.14. The Bertz CT molecular complexity index is 725. The van der Waals surface area contributed by atoms with Crippen LogP contribution in [0.3, 0.4) is 0 Å². The summed E-state index contributed by atoms with van der Waals surface area (Å²) in [6.07, 6.45) is 2.53. The predicted molar refractivity (Wildman–Crippen MR) is 80.7 cm³/mol. The average molecular weight is 279 g/mol. The molecule has 3 aliphatic rings. The molecule has 5 rings (SSSR count). The van der Waals surface area contributed by atoms with Crippen LogP contribution in [0, 0.1) is 0 Å². The van der Waals surface area contributed by atoms with E-state index in [4.69, 9.17) is 9.47 Å². The molecule has 0 saturated carbocycles. The van der Waals surface area contributed by atoms with E-state index in [-0.39, 0.29) is 0 Å². The molecule has 1 saturated heterocycles. The second-order valence-electron chi connectivity index (χ2n) is 6.14. The third kappa shape index (κ3) is 1.70. The molecule has 0 aromatic heterocycles. The van der Waals surface area contributed by atoms with Gasteiger partial charge in [-0.3, -0.25) is 0 Å². The van der Waals surface area contributed by atoms with Crippen molar-refractivity contribution in [2.75, 3.05) is 13.3 Å². The van der Waals surface area contributed by atoms with Crippen LogP contribution in [0.25, 0.3) is 11.1 Å². The van der Waals surface area contributed by atoms with Crippen molar-refractivity contribution >= 4 is 0 Å². The molecule has 1 fully saturated rings. The van der Waals surface area contributed by atoms with Gasteiger partial charge in [0.1, 0.15) is 0 Å². The van der Waals surface area contributed by atoms with Crippen LogP contribution in [-0.4, -0.2) is 13.3 Å². The first-order valence-corrected chi connectivity index (χ1v) is 7.66. The molecule has 2 heterocycles. The lowest BCUT2D eigenvalue weighted by Crippen LogP contribution is -2.25. The minimum absolute atomic E-state index is 0.330. The van der Waals surface area contributed by atoms with Gasteiger partial charge in [-0.05, 0) is 65.8 Å². The monoisotopic (exact) mass is 279 g/mol. The predicted octanol–water partition coefficient (Wildman–Crippen LogP) is 3.60. The smallest absolute Gasteiger partial charge is 0.231 e. The van der Waals surface area contributed by atoms with E-state index in [9.17, 15) is 0 Å². The van der Waals surface area contributed by atoms with Crippen molar-refractivity contribution in [2.24, 2.45) is 0 Å². The van der Waals surface area contributed by atoms with Crippen molar-refractivity contribution in [3.05, 3.63) is 47.5 Å². The summed E-state index contributed by atoms with van der Waals surface area (Å²) in [5.74, 6) is 2.46. The largest absolute Gasteiger partial charge is 0.454 e. The van der Waals surface area contributed by atoms with Gasteiger partial charge in [0.2, 0.25) is 6.79 Å². The van der Waals surface area contributed by atoms with E-state index in [1.54, 1.807) is 5.56 Å². The molecule has 3 nitrogen and oxygen atoms in total. The molecular formula is C18H17NO2. The van der Waals surface area contributed by atoms with Crippen molar-refractivity contribution in [3.63, 3.8) is 0 Å². The summed E-state index contributed by atoms with van der Waals surface area (Å²) in [4.78, 5) is 0. The second kappa shape index (κ2) is 4.25. The quantitative estimate of drug-likeness (QED) is 0.865. The fraction of sp³-hybridized carbons (Fsp3) is 0.333. The first kappa shape index (κ1) is 11.6. The number of fused-ring (bicyclic) bond motifs is 6. The number of piperidine rings is 1. The molecule has 2 aliphatic heterocycles. The van der Waals surface area contributed by atoms with Crippen molar-refractivity contribution < 1.29 is 9.47 Å². The topological polar surface area (TPSA) is 30.5 Å². The van der Waals surface area contributed by atoms with Crippen molar-refractivity contribution in [1.82, 2.24) is 5.32 Å². The van der Waals surface area contributed by atoms with Crippen LogP contribution >= 0.6 is 0 Å². The Morgan fingerprint density at radius 3 is 2.76 bits per heavy atom. The Hall–Kier alpha value is -2.00. The Morgan fingerprint density at radius 1 is 0.905 bits per heavy atom. The number of nitrogens with one attached hydrogen (secondary N) is 1. The lowest BCUT2D eigenvalue weighted by Gasteiger charge is -2.20. The van der Waals surface area contributed by atoms with Gasteiger partial charge in [-0.15, -0.1) is 0 Å². The van der Waals surface area contributed by atoms with Crippen LogP contribution in [0.1, 0.15) is 35.9 Å². The van der Waals surface area contributed by atoms with Gasteiger partial charge >= 0.3 is 0 Å². The number of hydrogen-bond acceptors (Lipinski definition) is 3. The van der Waals surface area contributed by atoms with Crippen molar-refractivity contribution in [3.8, 4) is 22.6 Å². The van der Waals surface area contributed by atoms with Crippen molar-refractivity contribution in [2.45, 2.75) is 24.8 Å². The van der Waals surface area contributed by atoms with Gasteiger partial charge in [-0.2, -0.15) is 0 Å². The van der Waals surface area contributed by atoms with Crippen LogP contribution in [0.15, 0.2) is 36.4 Å². The molecule has 0 unspecified atom stereocenters. The van der Waals surface area contributed by atoms with Gasteiger partial charge < -0.3 is 14.8 Å². The minimum Gasteiger partial charge on any atom is -0.454 e. The van der Waals surface area contributed by atoms with Gasteiger partial charge in [0, 0.05) is 6.04 Å². The van der Waals surface area contributed by atoms with Crippen LogP contribution < -0.4 is 14.8 Å². The van der Waals surface area contributed by atoms with E-state index < -0.39 is 0 Å². The zero-order chi connectivity index (χ0) is 13.8. The minimum atomic E-state index is 0.330. The maximum Gasteiger partial charge on any atom is 0.231 e.